The lowest BCUT2D eigenvalue weighted by molar-refractivity contribution is -0.140. The van der Waals surface area contributed by atoms with Crippen LogP contribution in [0.1, 0.15) is 20.8 Å². The Morgan fingerprint density at radius 2 is 1.87 bits per heavy atom. The molecule has 0 heterocycles. The molecule has 0 spiro atoms. The van der Waals surface area contributed by atoms with Gasteiger partial charge < -0.3 is 9.47 Å². The smallest absolute Gasteiger partial charge is 0.321 e. The van der Waals surface area contributed by atoms with E-state index in [1.165, 1.54) is 21.0 Å². The molecule has 0 aliphatic heterocycles. The van der Waals surface area contributed by atoms with Crippen LogP contribution < -0.4 is 0 Å². The van der Waals surface area contributed by atoms with E-state index in [1.54, 1.807) is 6.92 Å². The van der Waals surface area contributed by atoms with Crippen LogP contribution in [0.4, 0.5) is 0 Å². The Balaban J connectivity index is 4.62. The molecule has 0 saturated heterocycles. The fourth-order valence-corrected chi connectivity index (χ4v) is 2.07. The first-order valence-corrected chi connectivity index (χ1v) is 6.29. The van der Waals surface area contributed by atoms with Crippen molar-refractivity contribution in [2.24, 2.45) is 0 Å². The van der Waals surface area contributed by atoms with E-state index in [2.05, 4.69) is 4.74 Å². The van der Waals surface area contributed by atoms with Crippen LogP contribution in [-0.4, -0.2) is 45.2 Å². The first-order chi connectivity index (χ1) is 6.77. The number of esters is 1. The van der Waals surface area contributed by atoms with Gasteiger partial charge in [-0.1, -0.05) is 0 Å². The molecule has 0 fully saturated rings. The van der Waals surface area contributed by atoms with Crippen LogP contribution in [0.2, 0.25) is 0 Å². The van der Waals surface area contributed by atoms with E-state index in [1.807, 2.05) is 0 Å². The van der Waals surface area contributed by atoms with E-state index in [0.29, 0.717) is 0 Å². The molecule has 5 nitrogen and oxygen atoms in total. The van der Waals surface area contributed by atoms with Crippen LogP contribution in [0, 0.1) is 0 Å². The zero-order valence-corrected chi connectivity index (χ0v) is 10.4. The van der Waals surface area contributed by atoms with Crippen LogP contribution in [-0.2, 0) is 24.1 Å². The molecule has 0 amide bonds. The number of rotatable bonds is 6. The van der Waals surface area contributed by atoms with Crippen molar-refractivity contribution in [1.29, 1.82) is 0 Å². The zero-order chi connectivity index (χ0) is 12.1. The van der Waals surface area contributed by atoms with Crippen molar-refractivity contribution in [2.75, 3.05) is 26.1 Å². The van der Waals surface area contributed by atoms with Crippen molar-refractivity contribution in [1.82, 2.24) is 0 Å². The molecular formula is C9H18O5S. The predicted molar refractivity (Wildman–Crippen MR) is 56.4 cm³/mol. The molecule has 90 valence electrons. The average molecular weight is 238 g/mol. The third kappa shape index (κ3) is 4.17. The molecule has 0 aromatic heterocycles. The van der Waals surface area contributed by atoms with Crippen molar-refractivity contribution < 1.29 is 22.7 Å². The molecule has 0 aliphatic carbocycles. The van der Waals surface area contributed by atoms with Crippen molar-refractivity contribution in [3.8, 4) is 0 Å². The minimum Gasteiger partial charge on any atom is -0.465 e. The Morgan fingerprint density at radius 3 is 2.27 bits per heavy atom. The number of hydrogen-bond acceptors (Lipinski definition) is 5. The van der Waals surface area contributed by atoms with Gasteiger partial charge in [0.2, 0.25) is 0 Å². The number of sulfone groups is 1. The molecule has 0 bridgehead atoms. The molecule has 0 aromatic carbocycles. The summed E-state index contributed by atoms with van der Waals surface area (Å²) in [7, 11) is -2.12. The van der Waals surface area contributed by atoms with Gasteiger partial charge >= 0.3 is 5.97 Å². The van der Waals surface area contributed by atoms with Gasteiger partial charge in [0.1, 0.15) is 5.75 Å². The fraction of sp³-hybridized carbons (Fsp3) is 0.889. The summed E-state index contributed by atoms with van der Waals surface area (Å²) in [5.41, 5.74) is 0. The monoisotopic (exact) mass is 238 g/mol. The minimum atomic E-state index is -3.54. The maximum atomic E-state index is 11.7. The number of hydrogen-bond donors (Lipinski definition) is 0. The third-order valence-electron chi connectivity index (χ3n) is 1.95. The molecule has 0 aromatic rings. The topological polar surface area (TPSA) is 69.7 Å². The highest BCUT2D eigenvalue weighted by Gasteiger charge is 2.36. The first-order valence-electron chi connectivity index (χ1n) is 4.63. The van der Waals surface area contributed by atoms with Crippen LogP contribution in [0.25, 0.3) is 0 Å². The van der Waals surface area contributed by atoms with Crippen LogP contribution in [0.15, 0.2) is 0 Å². The van der Waals surface area contributed by atoms with Gasteiger partial charge in [0.05, 0.1) is 18.0 Å². The Labute approximate surface area is 90.7 Å². The highest BCUT2D eigenvalue weighted by molar-refractivity contribution is 7.93. The van der Waals surface area contributed by atoms with Crippen LogP contribution in [0.5, 0.6) is 0 Å². The van der Waals surface area contributed by atoms with Gasteiger partial charge in [0.15, 0.2) is 9.84 Å². The first kappa shape index (κ1) is 14.4. The number of carbonyl (C=O) groups is 1. The summed E-state index contributed by atoms with van der Waals surface area (Å²) >= 11 is 0. The van der Waals surface area contributed by atoms with E-state index < -0.39 is 26.3 Å². The van der Waals surface area contributed by atoms with Gasteiger partial charge in [-0.3, -0.25) is 4.79 Å². The number of methoxy groups -OCH3 is 1. The minimum absolute atomic E-state index is 0.0503. The zero-order valence-electron chi connectivity index (χ0n) is 9.57. The molecule has 0 atom stereocenters. The van der Waals surface area contributed by atoms with Gasteiger partial charge in [-0.2, -0.15) is 0 Å². The summed E-state index contributed by atoms with van der Waals surface area (Å²) in [5, 5.41) is 0. The van der Waals surface area contributed by atoms with E-state index in [-0.39, 0.29) is 13.2 Å². The summed E-state index contributed by atoms with van der Waals surface area (Å²) < 4.78 is 31.8. The molecule has 0 rings (SSSR count). The summed E-state index contributed by atoms with van der Waals surface area (Å²) in [4.78, 5) is 11.1. The van der Waals surface area contributed by atoms with Crippen molar-refractivity contribution in [3.05, 3.63) is 0 Å². The normalized spacial score (nSPS) is 12.5. The molecule has 0 N–H and O–H groups in total. The standard InChI is InChI=1S/C9H18O5S/c1-5-14-8(10)6-15(11,12)9(2,3)7-13-4/h5-7H2,1-4H3. The van der Waals surface area contributed by atoms with Gasteiger partial charge in [-0.05, 0) is 20.8 Å². The predicted octanol–water partition coefficient (Wildman–Crippen LogP) is 0.389. The Hall–Kier alpha value is -0.620. The lowest BCUT2D eigenvalue weighted by Crippen LogP contribution is -2.40. The lowest BCUT2D eigenvalue weighted by atomic mass is 10.2. The lowest BCUT2D eigenvalue weighted by Gasteiger charge is -2.22. The second-order valence-corrected chi connectivity index (χ2v) is 6.38. The summed E-state index contributed by atoms with van der Waals surface area (Å²) in [6.07, 6.45) is 0. The van der Waals surface area contributed by atoms with E-state index in [4.69, 9.17) is 4.74 Å². The van der Waals surface area contributed by atoms with Crippen molar-refractivity contribution in [2.45, 2.75) is 25.5 Å². The Morgan fingerprint density at radius 1 is 1.33 bits per heavy atom. The average Bonchev–Trinajstić information content (AvgIpc) is 2.02. The Bertz CT molecular complexity index is 304. The maximum absolute atomic E-state index is 11.7. The molecule has 15 heavy (non-hydrogen) atoms. The summed E-state index contributed by atoms with van der Waals surface area (Å²) in [5.74, 6) is -1.32. The molecular weight excluding hydrogens is 220 g/mol. The van der Waals surface area contributed by atoms with Crippen LogP contribution in [0.3, 0.4) is 0 Å². The highest BCUT2D eigenvalue weighted by Crippen LogP contribution is 2.17. The molecule has 0 saturated carbocycles. The second kappa shape index (κ2) is 5.46. The number of carbonyl (C=O) groups excluding carboxylic acids is 1. The van der Waals surface area contributed by atoms with Crippen LogP contribution >= 0.6 is 0 Å². The molecule has 0 radical (unpaired) electrons. The highest BCUT2D eigenvalue weighted by atomic mass is 32.2. The van der Waals surface area contributed by atoms with E-state index in [9.17, 15) is 13.2 Å². The summed E-state index contributed by atoms with van der Waals surface area (Å²) in [6.45, 7) is 4.90. The summed E-state index contributed by atoms with van der Waals surface area (Å²) in [6, 6.07) is 0. The van der Waals surface area contributed by atoms with E-state index in [0.717, 1.165) is 0 Å². The van der Waals surface area contributed by atoms with Gasteiger partial charge in [0, 0.05) is 7.11 Å². The van der Waals surface area contributed by atoms with Gasteiger partial charge in [-0.15, -0.1) is 0 Å². The second-order valence-electron chi connectivity index (χ2n) is 3.76. The number of ether oxygens (including phenoxy) is 2. The SMILES string of the molecule is CCOC(=O)CS(=O)(=O)C(C)(C)COC. The van der Waals surface area contributed by atoms with E-state index >= 15 is 0 Å². The van der Waals surface area contributed by atoms with Gasteiger partial charge in [-0.25, -0.2) is 8.42 Å². The van der Waals surface area contributed by atoms with Crippen molar-refractivity contribution >= 4 is 15.8 Å². The molecule has 0 aliphatic rings. The molecule has 6 heteroatoms. The molecule has 0 unspecified atom stereocenters. The van der Waals surface area contributed by atoms with Gasteiger partial charge in [0.25, 0.3) is 0 Å². The quantitative estimate of drug-likeness (QED) is 0.626. The Kier molecular flexibility index (Phi) is 5.23. The van der Waals surface area contributed by atoms with Crippen molar-refractivity contribution in [3.63, 3.8) is 0 Å². The largest absolute Gasteiger partial charge is 0.465 e. The fourth-order valence-electron chi connectivity index (χ4n) is 0.991. The third-order valence-corrected chi connectivity index (χ3v) is 4.36. The maximum Gasteiger partial charge on any atom is 0.321 e.